The van der Waals surface area contributed by atoms with Crippen molar-refractivity contribution in [3.05, 3.63) is 29.3 Å². The number of hydrogen-bond donors (Lipinski definition) is 0. The largest absolute Gasteiger partial charge is 0.573 e. The van der Waals surface area contributed by atoms with Crippen LogP contribution >= 0.6 is 0 Å². The minimum atomic E-state index is -4.76. The predicted molar refractivity (Wildman–Crippen MR) is 94.5 cm³/mol. The fourth-order valence-electron chi connectivity index (χ4n) is 3.75. The van der Waals surface area contributed by atoms with Gasteiger partial charge in [-0.2, -0.15) is 0 Å². The van der Waals surface area contributed by atoms with Gasteiger partial charge in [-0.25, -0.2) is 0 Å². The third kappa shape index (κ3) is 6.00. The number of halogens is 3. The van der Waals surface area contributed by atoms with Crippen molar-refractivity contribution in [1.82, 2.24) is 14.7 Å². The van der Waals surface area contributed by atoms with Crippen LogP contribution in [0.4, 0.5) is 18.0 Å². The maximum absolute atomic E-state index is 12.9. The monoisotopic (exact) mass is 400 g/mol. The number of carbonyl (C=O) groups is 1. The van der Waals surface area contributed by atoms with Crippen molar-refractivity contribution in [1.29, 1.82) is 0 Å². The van der Waals surface area contributed by atoms with Crippen molar-refractivity contribution < 1.29 is 27.8 Å². The van der Waals surface area contributed by atoms with E-state index >= 15 is 0 Å². The highest BCUT2D eigenvalue weighted by atomic mass is 19.4. The van der Waals surface area contributed by atoms with Gasteiger partial charge in [0.1, 0.15) is 11.8 Å². The molecule has 6 nitrogen and oxygen atoms in total. The molecule has 2 aliphatic rings. The normalized spacial score (nSPS) is 19.6. The maximum Gasteiger partial charge on any atom is 0.573 e. The number of alkyl halides is 3. The molecule has 9 heteroatoms. The van der Waals surface area contributed by atoms with Gasteiger partial charge in [-0.3, -0.25) is 9.80 Å². The Bertz CT molecular complexity index is 670. The van der Waals surface area contributed by atoms with Crippen LogP contribution in [-0.2, 0) is 13.1 Å². The van der Waals surface area contributed by atoms with Crippen molar-refractivity contribution in [2.75, 3.05) is 39.3 Å². The smallest absolute Gasteiger partial charge is 0.530 e. The van der Waals surface area contributed by atoms with Crippen LogP contribution in [0.15, 0.2) is 18.2 Å². The van der Waals surface area contributed by atoms with Crippen LogP contribution in [0, 0.1) is 0 Å². The van der Waals surface area contributed by atoms with Gasteiger partial charge in [-0.1, -0.05) is 18.6 Å². The van der Waals surface area contributed by atoms with Crippen molar-refractivity contribution in [3.63, 3.8) is 0 Å². The number of likely N-dealkylation sites (tertiary alicyclic amines) is 1. The maximum atomic E-state index is 12.9. The number of carboxylic acid groups (broad SMARTS) is 1. The zero-order valence-electron chi connectivity index (χ0n) is 15.7. The van der Waals surface area contributed by atoms with E-state index in [0.717, 1.165) is 31.5 Å². The molecule has 0 atom stereocenters. The van der Waals surface area contributed by atoms with Gasteiger partial charge in [0.25, 0.3) is 0 Å². The second-order valence-corrected chi connectivity index (χ2v) is 7.36. The lowest BCUT2D eigenvalue weighted by Gasteiger charge is -2.36. The van der Waals surface area contributed by atoms with E-state index in [9.17, 15) is 23.1 Å². The topological polar surface area (TPSA) is 59.1 Å². The van der Waals surface area contributed by atoms with Gasteiger partial charge in [0, 0.05) is 44.8 Å². The summed E-state index contributed by atoms with van der Waals surface area (Å²) in [6.45, 7) is 4.24. The summed E-state index contributed by atoms with van der Waals surface area (Å²) in [4.78, 5) is 16.2. The molecule has 0 N–H and O–H groups in total. The fraction of sp³-hybridized carbons (Fsp3) is 0.632. The van der Waals surface area contributed by atoms with Gasteiger partial charge in [0.15, 0.2) is 0 Å². The van der Waals surface area contributed by atoms with E-state index in [0.29, 0.717) is 25.2 Å². The van der Waals surface area contributed by atoms with Crippen molar-refractivity contribution >= 4 is 6.09 Å². The lowest BCUT2D eigenvalue weighted by molar-refractivity contribution is -0.275. The Hall–Kier alpha value is -2.00. The molecule has 28 heavy (non-hydrogen) atoms. The first kappa shape index (κ1) is 20.7. The van der Waals surface area contributed by atoms with Crippen molar-refractivity contribution in [2.24, 2.45) is 0 Å². The third-order valence-corrected chi connectivity index (χ3v) is 5.24. The number of amides is 1. The zero-order valence-corrected chi connectivity index (χ0v) is 15.7. The minimum absolute atomic E-state index is 0.177. The van der Waals surface area contributed by atoms with E-state index in [-0.39, 0.29) is 25.4 Å². The van der Waals surface area contributed by atoms with E-state index in [2.05, 4.69) is 9.64 Å². The first-order chi connectivity index (χ1) is 13.3. The highest BCUT2D eigenvalue weighted by Crippen LogP contribution is 2.29. The Kier molecular flexibility index (Phi) is 6.66. The van der Waals surface area contributed by atoms with Crippen LogP contribution in [0.1, 0.15) is 30.4 Å². The molecule has 0 aliphatic carbocycles. The predicted octanol–water partition coefficient (Wildman–Crippen LogP) is 2.03. The summed E-state index contributed by atoms with van der Waals surface area (Å²) >= 11 is 0. The average molecular weight is 400 g/mol. The molecule has 2 aliphatic heterocycles. The molecular formula is C19H25F3N3O3-. The highest BCUT2D eigenvalue weighted by molar-refractivity contribution is 5.62. The number of piperidine rings is 1. The first-order valence-corrected chi connectivity index (χ1v) is 9.58. The summed E-state index contributed by atoms with van der Waals surface area (Å²) in [5.74, 6) is -0.177. The summed E-state index contributed by atoms with van der Waals surface area (Å²) in [5, 5.41) is 10.9. The number of piperazine rings is 1. The molecule has 2 fully saturated rings. The van der Waals surface area contributed by atoms with E-state index < -0.39 is 12.5 Å². The summed E-state index contributed by atoms with van der Waals surface area (Å²) in [6, 6.07) is 5.02. The van der Waals surface area contributed by atoms with Crippen LogP contribution in [0.2, 0.25) is 0 Å². The Morgan fingerprint density at radius 3 is 2.21 bits per heavy atom. The number of nitrogens with zero attached hydrogens (tertiary/aromatic N) is 3. The number of hydrogen-bond acceptors (Lipinski definition) is 5. The molecule has 156 valence electrons. The standard InChI is InChI=1S/C19H26F3N3O3/c20-19(21,22)28-17-12-15(13-23-6-2-1-3-7-23)4-5-16(17)14-24-8-10-25(11-9-24)18(26)27/h4-5,12H,1-3,6-11,13-14H2,(H,26,27)/p-1. The first-order valence-electron chi connectivity index (χ1n) is 9.58. The number of ether oxygens (including phenoxy) is 1. The molecule has 0 aromatic heterocycles. The Morgan fingerprint density at radius 2 is 1.61 bits per heavy atom. The van der Waals surface area contributed by atoms with Gasteiger partial charge in [0.2, 0.25) is 0 Å². The SMILES string of the molecule is O=C([O-])N1CCN(Cc2ccc(CN3CCCCC3)cc2OC(F)(F)F)CC1. The van der Waals surface area contributed by atoms with Crippen molar-refractivity contribution in [3.8, 4) is 5.75 Å². The molecule has 1 aromatic rings. The Labute approximate surface area is 162 Å². The van der Waals surface area contributed by atoms with Crippen LogP contribution < -0.4 is 9.84 Å². The molecule has 2 saturated heterocycles. The fourth-order valence-corrected chi connectivity index (χ4v) is 3.75. The number of rotatable bonds is 5. The van der Waals surface area contributed by atoms with Crippen LogP contribution in [-0.4, -0.2) is 66.4 Å². The molecule has 3 rings (SSSR count). The molecule has 0 radical (unpaired) electrons. The lowest BCUT2D eigenvalue weighted by Crippen LogP contribution is -2.52. The van der Waals surface area contributed by atoms with E-state index in [4.69, 9.17) is 0 Å². The second kappa shape index (κ2) is 9.00. The molecule has 2 heterocycles. The molecule has 1 aromatic carbocycles. The second-order valence-electron chi connectivity index (χ2n) is 7.36. The summed E-state index contributed by atoms with van der Waals surface area (Å²) in [5.41, 5.74) is 1.24. The lowest BCUT2D eigenvalue weighted by atomic mass is 10.1. The minimum Gasteiger partial charge on any atom is -0.530 e. The Morgan fingerprint density at radius 1 is 0.964 bits per heavy atom. The van der Waals surface area contributed by atoms with E-state index in [1.165, 1.54) is 17.4 Å². The van der Waals surface area contributed by atoms with Gasteiger partial charge in [0.05, 0.1) is 0 Å². The van der Waals surface area contributed by atoms with E-state index in [1.54, 1.807) is 6.07 Å². The van der Waals surface area contributed by atoms with Crippen LogP contribution in [0.5, 0.6) is 5.75 Å². The van der Waals surface area contributed by atoms with Gasteiger partial charge >= 0.3 is 6.36 Å². The number of carbonyl (C=O) groups excluding carboxylic acids is 1. The van der Waals surface area contributed by atoms with Gasteiger partial charge in [-0.15, -0.1) is 13.2 Å². The average Bonchev–Trinajstić information content (AvgIpc) is 2.64. The summed E-state index contributed by atoms with van der Waals surface area (Å²) in [7, 11) is 0. The summed E-state index contributed by atoms with van der Waals surface area (Å²) in [6.07, 6.45) is -2.55. The van der Waals surface area contributed by atoms with Gasteiger partial charge < -0.3 is 19.5 Å². The van der Waals surface area contributed by atoms with E-state index in [1.807, 2.05) is 11.0 Å². The molecule has 0 unspecified atom stereocenters. The molecule has 0 bridgehead atoms. The molecular weight excluding hydrogens is 375 g/mol. The van der Waals surface area contributed by atoms with Crippen molar-refractivity contribution in [2.45, 2.75) is 38.7 Å². The van der Waals surface area contributed by atoms with Crippen LogP contribution in [0.25, 0.3) is 0 Å². The quantitative estimate of drug-likeness (QED) is 0.757. The number of benzene rings is 1. The molecule has 1 amide bonds. The molecule has 0 spiro atoms. The van der Waals surface area contributed by atoms with Gasteiger partial charge in [-0.05, 0) is 37.6 Å². The molecule has 0 saturated carbocycles. The highest BCUT2D eigenvalue weighted by Gasteiger charge is 2.32. The zero-order chi connectivity index (χ0) is 20.1. The Balaban J connectivity index is 1.69. The summed E-state index contributed by atoms with van der Waals surface area (Å²) < 4.78 is 43.0. The third-order valence-electron chi connectivity index (χ3n) is 5.24. The van der Waals surface area contributed by atoms with Crippen LogP contribution in [0.3, 0.4) is 0 Å².